The van der Waals surface area contributed by atoms with Crippen LogP contribution in [0.3, 0.4) is 0 Å². The number of aryl methyl sites for hydroxylation is 1. The zero-order chi connectivity index (χ0) is 16.4. The van der Waals surface area contributed by atoms with Gasteiger partial charge in [-0.1, -0.05) is 45.2 Å². The summed E-state index contributed by atoms with van der Waals surface area (Å²) >= 11 is 15.4. The molecule has 0 spiro atoms. The van der Waals surface area contributed by atoms with Crippen LogP contribution in [0.1, 0.15) is 17.8 Å². The van der Waals surface area contributed by atoms with E-state index >= 15 is 0 Å². The highest BCUT2D eigenvalue weighted by molar-refractivity contribution is 9.10. The van der Waals surface area contributed by atoms with Crippen molar-refractivity contribution in [2.24, 2.45) is 0 Å². The maximum Gasteiger partial charge on any atom is 0.137 e. The lowest BCUT2D eigenvalue weighted by Gasteiger charge is -2.04. The molecule has 1 N–H and O–H groups in total. The number of rotatable bonds is 5. The second-order valence-electron chi connectivity index (χ2n) is 5.30. The quantitative estimate of drug-likeness (QED) is 0.612. The Bertz CT molecular complexity index is 876. The molecule has 2 aromatic carbocycles. The molecule has 3 nitrogen and oxygen atoms in total. The molecule has 0 aliphatic rings. The average Bonchev–Trinajstić information content (AvgIpc) is 2.90. The monoisotopic (exact) mass is 410 g/mol. The van der Waals surface area contributed by atoms with Crippen LogP contribution in [-0.4, -0.2) is 15.8 Å². The first-order chi connectivity index (χ1) is 11.0. The fourth-order valence-corrected chi connectivity index (χ4v) is 3.21. The largest absolute Gasteiger partial charge is 0.342 e. The van der Waals surface area contributed by atoms with E-state index in [1.807, 2.05) is 18.2 Å². The van der Waals surface area contributed by atoms with E-state index in [1.165, 1.54) is 0 Å². The third-order valence-corrected chi connectivity index (χ3v) is 4.62. The van der Waals surface area contributed by atoms with Gasteiger partial charge in [0.05, 0.1) is 11.0 Å². The normalized spacial score (nSPS) is 11.1. The fourth-order valence-electron chi connectivity index (χ4n) is 2.38. The molecule has 0 radical (unpaired) electrons. The number of hydrogen-bond acceptors (Lipinski definition) is 2. The van der Waals surface area contributed by atoms with Crippen LogP contribution < -0.4 is 0 Å². The molecule has 0 atom stereocenters. The third kappa shape index (κ3) is 4.14. The van der Waals surface area contributed by atoms with E-state index in [1.54, 1.807) is 18.2 Å². The first-order valence-corrected chi connectivity index (χ1v) is 8.66. The molecule has 0 saturated carbocycles. The smallest absolute Gasteiger partial charge is 0.137 e. The number of aromatic nitrogens is 2. The van der Waals surface area contributed by atoms with Gasteiger partial charge in [0.15, 0.2) is 0 Å². The second-order valence-corrected chi connectivity index (χ2v) is 7.06. The highest BCUT2D eigenvalue weighted by Crippen LogP contribution is 2.22. The second kappa shape index (κ2) is 7.04. The van der Waals surface area contributed by atoms with Crippen molar-refractivity contribution in [1.82, 2.24) is 9.97 Å². The molecule has 1 heterocycles. The molecule has 118 valence electrons. The van der Waals surface area contributed by atoms with Crippen LogP contribution in [0.15, 0.2) is 40.9 Å². The van der Waals surface area contributed by atoms with Gasteiger partial charge in [-0.3, -0.25) is 4.79 Å². The molecule has 0 saturated heterocycles. The zero-order valence-electron chi connectivity index (χ0n) is 12.1. The van der Waals surface area contributed by atoms with Gasteiger partial charge in [0.2, 0.25) is 0 Å². The van der Waals surface area contributed by atoms with Crippen molar-refractivity contribution in [3.8, 4) is 0 Å². The number of nitrogens with zero attached hydrogens (tertiary/aromatic N) is 1. The number of aromatic amines is 1. The Labute approximate surface area is 152 Å². The van der Waals surface area contributed by atoms with Crippen molar-refractivity contribution in [3.05, 3.63) is 62.3 Å². The van der Waals surface area contributed by atoms with E-state index in [2.05, 4.69) is 25.9 Å². The summed E-state index contributed by atoms with van der Waals surface area (Å²) in [6.45, 7) is 0. The van der Waals surface area contributed by atoms with Crippen LogP contribution in [0.25, 0.3) is 11.0 Å². The Morgan fingerprint density at radius 2 is 2.00 bits per heavy atom. The molecule has 6 heteroatoms. The van der Waals surface area contributed by atoms with E-state index in [9.17, 15) is 4.79 Å². The maximum absolute atomic E-state index is 12.2. The Morgan fingerprint density at radius 1 is 1.17 bits per heavy atom. The van der Waals surface area contributed by atoms with Gasteiger partial charge in [-0.2, -0.15) is 0 Å². The van der Waals surface area contributed by atoms with Crippen molar-refractivity contribution in [2.45, 2.75) is 19.3 Å². The van der Waals surface area contributed by atoms with Crippen molar-refractivity contribution >= 4 is 55.9 Å². The number of ketones is 1. The summed E-state index contributed by atoms with van der Waals surface area (Å²) in [5.74, 6) is 0.935. The van der Waals surface area contributed by atoms with Gasteiger partial charge in [-0.05, 0) is 35.9 Å². The van der Waals surface area contributed by atoms with Crippen LogP contribution >= 0.6 is 39.1 Å². The summed E-state index contributed by atoms with van der Waals surface area (Å²) in [7, 11) is 0. The Kier molecular flexibility index (Phi) is 5.05. The van der Waals surface area contributed by atoms with Crippen LogP contribution in [0.5, 0.6) is 0 Å². The Balaban J connectivity index is 1.63. The summed E-state index contributed by atoms with van der Waals surface area (Å²) in [5.41, 5.74) is 2.66. The van der Waals surface area contributed by atoms with Gasteiger partial charge in [-0.25, -0.2) is 4.98 Å². The number of Topliss-reactive ketones (excluding diaryl/α,β-unsaturated/α-hetero) is 1. The first kappa shape index (κ1) is 16.5. The van der Waals surface area contributed by atoms with Crippen molar-refractivity contribution in [2.75, 3.05) is 0 Å². The molecule has 0 bridgehead atoms. The molecular weight excluding hydrogens is 399 g/mol. The number of carbonyl (C=O) groups excluding carboxylic acids is 1. The number of hydrogen-bond donors (Lipinski definition) is 1. The van der Waals surface area contributed by atoms with Crippen LogP contribution in [-0.2, 0) is 17.6 Å². The predicted molar refractivity (Wildman–Crippen MR) is 97.3 cm³/mol. The molecule has 3 aromatic rings. The maximum atomic E-state index is 12.2. The van der Waals surface area contributed by atoms with Gasteiger partial charge in [0.1, 0.15) is 11.6 Å². The van der Waals surface area contributed by atoms with E-state index in [0.29, 0.717) is 29.3 Å². The van der Waals surface area contributed by atoms with Gasteiger partial charge in [-0.15, -0.1) is 0 Å². The Hall–Kier alpha value is -1.36. The molecule has 23 heavy (non-hydrogen) atoms. The van der Waals surface area contributed by atoms with E-state index in [0.717, 1.165) is 26.9 Å². The first-order valence-electron chi connectivity index (χ1n) is 7.11. The number of carbonyl (C=O) groups is 1. The van der Waals surface area contributed by atoms with Crippen LogP contribution in [0, 0.1) is 0 Å². The summed E-state index contributed by atoms with van der Waals surface area (Å²) in [5, 5.41) is 1.10. The lowest BCUT2D eigenvalue weighted by molar-refractivity contribution is -0.118. The minimum Gasteiger partial charge on any atom is -0.342 e. The van der Waals surface area contributed by atoms with Crippen LogP contribution in [0.4, 0.5) is 0 Å². The molecule has 0 aliphatic heterocycles. The molecule has 0 aliphatic carbocycles. The van der Waals surface area contributed by atoms with Crippen LogP contribution in [0.2, 0.25) is 10.0 Å². The molecular formula is C17H13BrCl2N2O. The number of fused-ring (bicyclic) bond motifs is 1. The summed E-state index contributed by atoms with van der Waals surface area (Å²) in [6.07, 6.45) is 1.30. The number of imidazole rings is 1. The SMILES string of the molecule is O=C(CCc1nc2ccc(Br)cc2[nH]1)Cc1ccc(Cl)cc1Cl. The number of benzene rings is 2. The number of nitrogens with one attached hydrogen (secondary N) is 1. The fraction of sp³-hybridized carbons (Fsp3) is 0.176. The highest BCUT2D eigenvalue weighted by Gasteiger charge is 2.10. The molecule has 3 rings (SSSR count). The lowest BCUT2D eigenvalue weighted by Crippen LogP contribution is -2.05. The molecule has 0 unspecified atom stereocenters. The van der Waals surface area contributed by atoms with Gasteiger partial charge >= 0.3 is 0 Å². The highest BCUT2D eigenvalue weighted by atomic mass is 79.9. The number of halogens is 3. The van der Waals surface area contributed by atoms with E-state index in [-0.39, 0.29) is 5.78 Å². The summed E-state index contributed by atoms with van der Waals surface area (Å²) in [6, 6.07) is 11.0. The molecule has 0 fully saturated rings. The van der Waals surface area contributed by atoms with Crippen molar-refractivity contribution in [3.63, 3.8) is 0 Å². The standard InChI is InChI=1S/C17H13BrCl2N2O/c18-11-2-5-15-16(8-11)22-17(21-15)6-4-13(23)7-10-1-3-12(19)9-14(10)20/h1-3,5,8-9H,4,6-7H2,(H,21,22). The predicted octanol–water partition coefficient (Wildman–Crippen LogP) is 5.38. The zero-order valence-corrected chi connectivity index (χ0v) is 15.2. The molecule has 1 aromatic heterocycles. The summed E-state index contributed by atoms with van der Waals surface area (Å²) in [4.78, 5) is 19.9. The minimum atomic E-state index is 0.121. The lowest BCUT2D eigenvalue weighted by atomic mass is 10.1. The molecule has 0 amide bonds. The average molecular weight is 412 g/mol. The third-order valence-electron chi connectivity index (χ3n) is 3.54. The van der Waals surface area contributed by atoms with Crippen molar-refractivity contribution < 1.29 is 4.79 Å². The van der Waals surface area contributed by atoms with E-state index in [4.69, 9.17) is 23.2 Å². The van der Waals surface area contributed by atoms with Gasteiger partial charge < -0.3 is 4.98 Å². The van der Waals surface area contributed by atoms with Gasteiger partial charge in [0, 0.05) is 33.8 Å². The topological polar surface area (TPSA) is 45.8 Å². The van der Waals surface area contributed by atoms with E-state index < -0.39 is 0 Å². The number of H-pyrrole nitrogens is 1. The minimum absolute atomic E-state index is 0.121. The van der Waals surface area contributed by atoms with Gasteiger partial charge in [0.25, 0.3) is 0 Å². The Morgan fingerprint density at radius 3 is 2.78 bits per heavy atom. The van der Waals surface area contributed by atoms with Crippen molar-refractivity contribution in [1.29, 1.82) is 0 Å². The summed E-state index contributed by atoms with van der Waals surface area (Å²) < 4.78 is 0.994.